The van der Waals surface area contributed by atoms with E-state index < -0.39 is 12.0 Å². The highest BCUT2D eigenvalue weighted by molar-refractivity contribution is 5.82. The Morgan fingerprint density at radius 2 is 1.76 bits per heavy atom. The first-order valence-corrected chi connectivity index (χ1v) is 8.39. The maximum Gasteiger partial charge on any atom is 0.326 e. The van der Waals surface area contributed by atoms with Gasteiger partial charge in [0.15, 0.2) is 0 Å². The van der Waals surface area contributed by atoms with Gasteiger partial charge in [0.25, 0.3) is 0 Å². The predicted octanol–water partition coefficient (Wildman–Crippen LogP) is 2.85. The summed E-state index contributed by atoms with van der Waals surface area (Å²) < 4.78 is 0. The van der Waals surface area contributed by atoms with Crippen LogP contribution in [0.15, 0.2) is 0 Å². The zero-order valence-corrected chi connectivity index (χ0v) is 13.0. The number of amides is 2. The smallest absolute Gasteiger partial charge is 0.326 e. The topological polar surface area (TPSA) is 69.6 Å². The summed E-state index contributed by atoms with van der Waals surface area (Å²) in [6, 6.07) is -0.839. The van der Waals surface area contributed by atoms with Crippen LogP contribution in [0.3, 0.4) is 0 Å². The van der Waals surface area contributed by atoms with Crippen LogP contribution < -0.4 is 5.32 Å². The maximum atomic E-state index is 12.2. The molecule has 0 aromatic heterocycles. The predicted molar refractivity (Wildman–Crippen MR) is 81.1 cm³/mol. The molecule has 0 spiro atoms. The Morgan fingerprint density at radius 3 is 2.38 bits per heavy atom. The van der Waals surface area contributed by atoms with Crippen molar-refractivity contribution in [1.82, 2.24) is 10.2 Å². The van der Waals surface area contributed by atoms with Crippen LogP contribution in [0.2, 0.25) is 0 Å². The number of rotatable bonds is 4. The zero-order valence-electron chi connectivity index (χ0n) is 13.0. The third-order valence-corrected chi connectivity index (χ3v) is 5.13. The molecule has 2 amide bonds. The Kier molecular flexibility index (Phi) is 5.88. The van der Waals surface area contributed by atoms with Crippen molar-refractivity contribution >= 4 is 12.0 Å². The molecule has 0 bridgehead atoms. The lowest BCUT2D eigenvalue weighted by atomic mass is 9.81. The fraction of sp³-hybridized carbons (Fsp3) is 0.875. The van der Waals surface area contributed by atoms with E-state index >= 15 is 0 Å². The van der Waals surface area contributed by atoms with E-state index in [2.05, 4.69) is 12.2 Å². The second kappa shape index (κ2) is 7.66. The molecule has 1 unspecified atom stereocenters. The summed E-state index contributed by atoms with van der Waals surface area (Å²) in [5.41, 5.74) is 0. The van der Waals surface area contributed by atoms with Gasteiger partial charge in [-0.15, -0.1) is 0 Å². The highest BCUT2D eigenvalue weighted by Gasteiger charge is 2.32. The van der Waals surface area contributed by atoms with Gasteiger partial charge in [0.2, 0.25) is 0 Å². The van der Waals surface area contributed by atoms with Gasteiger partial charge in [-0.05, 0) is 43.9 Å². The van der Waals surface area contributed by atoms with Crippen LogP contribution in [-0.4, -0.2) is 41.1 Å². The molecular formula is C16H28N2O3. The van der Waals surface area contributed by atoms with Gasteiger partial charge in [0, 0.05) is 13.1 Å². The Morgan fingerprint density at radius 1 is 1.10 bits per heavy atom. The summed E-state index contributed by atoms with van der Waals surface area (Å²) in [5.74, 6) is 0.536. The number of carboxylic acid groups (broad SMARTS) is 1. The monoisotopic (exact) mass is 296 g/mol. The van der Waals surface area contributed by atoms with Crippen molar-refractivity contribution in [3.05, 3.63) is 0 Å². The van der Waals surface area contributed by atoms with E-state index in [0.717, 1.165) is 18.8 Å². The van der Waals surface area contributed by atoms with Gasteiger partial charge in [-0.2, -0.15) is 0 Å². The molecule has 2 aliphatic rings. The van der Waals surface area contributed by atoms with Gasteiger partial charge in [0.1, 0.15) is 6.04 Å². The number of urea groups is 1. The Bertz CT molecular complexity index is 365. The van der Waals surface area contributed by atoms with Gasteiger partial charge in [-0.3, -0.25) is 0 Å². The van der Waals surface area contributed by atoms with Crippen molar-refractivity contribution in [3.8, 4) is 0 Å². The van der Waals surface area contributed by atoms with Crippen LogP contribution in [0.1, 0.15) is 58.3 Å². The fourth-order valence-corrected chi connectivity index (χ4v) is 3.61. The molecule has 1 aliphatic carbocycles. The van der Waals surface area contributed by atoms with Crippen molar-refractivity contribution in [2.75, 3.05) is 13.1 Å². The normalized spacial score (nSPS) is 30.0. The number of piperidine rings is 1. The zero-order chi connectivity index (χ0) is 15.2. The molecule has 120 valence electrons. The van der Waals surface area contributed by atoms with Crippen LogP contribution in [0.25, 0.3) is 0 Å². The quantitative estimate of drug-likeness (QED) is 0.838. The third kappa shape index (κ3) is 4.35. The summed E-state index contributed by atoms with van der Waals surface area (Å²) in [7, 11) is 0. The average molecular weight is 296 g/mol. The molecule has 1 aliphatic heterocycles. The van der Waals surface area contributed by atoms with E-state index in [9.17, 15) is 14.7 Å². The number of hydrogen-bond donors (Lipinski definition) is 2. The summed E-state index contributed by atoms with van der Waals surface area (Å²) >= 11 is 0. The molecule has 1 saturated carbocycles. The second-order valence-electron chi connectivity index (χ2n) is 6.52. The lowest BCUT2D eigenvalue weighted by Gasteiger charge is -2.34. The van der Waals surface area contributed by atoms with Crippen LogP contribution in [0, 0.1) is 11.8 Å². The van der Waals surface area contributed by atoms with Crippen molar-refractivity contribution in [2.24, 2.45) is 11.8 Å². The number of carbonyl (C=O) groups excluding carboxylic acids is 1. The summed E-state index contributed by atoms with van der Waals surface area (Å²) in [4.78, 5) is 25.0. The molecule has 2 N–H and O–H groups in total. The van der Waals surface area contributed by atoms with Crippen molar-refractivity contribution in [2.45, 2.75) is 64.3 Å². The minimum atomic E-state index is -0.881. The van der Waals surface area contributed by atoms with E-state index in [4.69, 9.17) is 0 Å². The largest absolute Gasteiger partial charge is 0.480 e. The summed E-state index contributed by atoms with van der Waals surface area (Å²) in [6.45, 7) is 3.50. The van der Waals surface area contributed by atoms with E-state index in [-0.39, 0.29) is 6.03 Å². The van der Waals surface area contributed by atoms with Crippen molar-refractivity contribution in [3.63, 3.8) is 0 Å². The second-order valence-corrected chi connectivity index (χ2v) is 6.52. The number of likely N-dealkylation sites (tertiary alicyclic amines) is 1. The molecular weight excluding hydrogens is 268 g/mol. The minimum absolute atomic E-state index is 0.195. The molecule has 0 aromatic rings. The third-order valence-electron chi connectivity index (χ3n) is 5.13. The van der Waals surface area contributed by atoms with Gasteiger partial charge in [-0.1, -0.05) is 26.2 Å². The molecule has 0 radical (unpaired) electrons. The van der Waals surface area contributed by atoms with Crippen molar-refractivity contribution in [1.29, 1.82) is 0 Å². The number of aliphatic carboxylic acids is 1. The Hall–Kier alpha value is -1.26. The first-order chi connectivity index (χ1) is 10.1. The SMILES string of the molecule is CCC1CCC(CNC(=O)N2CCCCC2C(=O)O)CC1. The fourth-order valence-electron chi connectivity index (χ4n) is 3.61. The number of nitrogens with zero attached hydrogens (tertiary/aromatic N) is 1. The van der Waals surface area contributed by atoms with Gasteiger partial charge in [0.05, 0.1) is 0 Å². The van der Waals surface area contributed by atoms with E-state index in [1.54, 1.807) is 0 Å². The minimum Gasteiger partial charge on any atom is -0.480 e. The molecule has 5 nitrogen and oxygen atoms in total. The first-order valence-electron chi connectivity index (χ1n) is 8.39. The van der Waals surface area contributed by atoms with Crippen LogP contribution >= 0.6 is 0 Å². The van der Waals surface area contributed by atoms with E-state index in [0.29, 0.717) is 25.4 Å². The molecule has 2 rings (SSSR count). The van der Waals surface area contributed by atoms with Crippen LogP contribution in [0.4, 0.5) is 4.79 Å². The molecule has 21 heavy (non-hydrogen) atoms. The van der Waals surface area contributed by atoms with E-state index in [1.807, 2.05) is 0 Å². The highest BCUT2D eigenvalue weighted by Crippen LogP contribution is 2.30. The van der Waals surface area contributed by atoms with E-state index in [1.165, 1.54) is 37.0 Å². The summed E-state index contributed by atoms with van der Waals surface area (Å²) in [5, 5.41) is 12.2. The van der Waals surface area contributed by atoms with Gasteiger partial charge >= 0.3 is 12.0 Å². The summed E-state index contributed by atoms with van der Waals surface area (Å²) in [6.07, 6.45) is 8.51. The highest BCUT2D eigenvalue weighted by atomic mass is 16.4. The van der Waals surface area contributed by atoms with Gasteiger partial charge < -0.3 is 15.3 Å². The first kappa shape index (κ1) is 16.1. The molecule has 1 atom stereocenters. The van der Waals surface area contributed by atoms with Crippen LogP contribution in [0.5, 0.6) is 0 Å². The van der Waals surface area contributed by atoms with Crippen LogP contribution in [-0.2, 0) is 4.79 Å². The molecule has 2 fully saturated rings. The molecule has 1 saturated heterocycles. The molecule has 0 aromatic carbocycles. The molecule has 1 heterocycles. The van der Waals surface area contributed by atoms with Gasteiger partial charge in [-0.25, -0.2) is 9.59 Å². The number of hydrogen-bond acceptors (Lipinski definition) is 2. The number of carbonyl (C=O) groups is 2. The average Bonchev–Trinajstić information content (AvgIpc) is 2.53. The Balaban J connectivity index is 1.77. The standard InChI is InChI=1S/C16H28N2O3/c1-2-12-6-8-13(9-7-12)11-17-16(21)18-10-4-3-5-14(18)15(19)20/h12-14H,2-11H2,1H3,(H,17,21)(H,19,20). The molecule has 5 heteroatoms. The Labute approximate surface area is 127 Å². The lowest BCUT2D eigenvalue weighted by Crippen LogP contribution is -2.52. The lowest BCUT2D eigenvalue weighted by molar-refractivity contribution is -0.143. The van der Waals surface area contributed by atoms with Crippen molar-refractivity contribution < 1.29 is 14.7 Å². The number of nitrogens with one attached hydrogen (secondary N) is 1. The maximum absolute atomic E-state index is 12.2. The number of carboxylic acids is 1.